The third-order valence-electron chi connectivity index (χ3n) is 5.48. The second-order valence-electron chi connectivity index (χ2n) is 7.66. The first-order chi connectivity index (χ1) is 13.3. The number of carbonyl (C=O) groups is 2. The maximum atomic E-state index is 12.6. The van der Waals surface area contributed by atoms with Gasteiger partial charge in [0.05, 0.1) is 13.0 Å². The van der Waals surface area contributed by atoms with Crippen LogP contribution in [0, 0.1) is 6.92 Å². The van der Waals surface area contributed by atoms with Crippen LogP contribution < -0.4 is 15.0 Å². The summed E-state index contributed by atoms with van der Waals surface area (Å²) in [7, 11) is 3.43. The van der Waals surface area contributed by atoms with E-state index in [1.165, 1.54) is 0 Å². The molecule has 148 valence electrons. The molecule has 1 unspecified atom stereocenters. The van der Waals surface area contributed by atoms with E-state index in [1.807, 2.05) is 37.3 Å². The van der Waals surface area contributed by atoms with Crippen molar-refractivity contribution in [3.8, 4) is 5.75 Å². The van der Waals surface area contributed by atoms with Crippen LogP contribution in [0.4, 0.5) is 5.69 Å². The van der Waals surface area contributed by atoms with Crippen molar-refractivity contribution in [3.63, 3.8) is 0 Å². The van der Waals surface area contributed by atoms with Gasteiger partial charge in [0.15, 0.2) is 0 Å². The third-order valence-corrected chi connectivity index (χ3v) is 5.48. The van der Waals surface area contributed by atoms with E-state index in [-0.39, 0.29) is 18.2 Å². The highest BCUT2D eigenvalue weighted by atomic mass is 16.5. The first-order valence-electron chi connectivity index (χ1n) is 9.64. The quantitative estimate of drug-likeness (QED) is 0.827. The third kappa shape index (κ3) is 3.75. The number of ether oxygens (including phenoxy) is 1. The van der Waals surface area contributed by atoms with Crippen LogP contribution in [0.2, 0.25) is 0 Å². The van der Waals surface area contributed by atoms with Gasteiger partial charge in [0, 0.05) is 25.7 Å². The highest BCUT2D eigenvalue weighted by molar-refractivity contribution is 6.06. The van der Waals surface area contributed by atoms with Crippen molar-refractivity contribution < 1.29 is 14.3 Å². The number of hydrogen-bond donors (Lipinski definition) is 1. The van der Waals surface area contributed by atoms with Crippen molar-refractivity contribution >= 4 is 17.5 Å². The van der Waals surface area contributed by atoms with Crippen LogP contribution in [0.5, 0.6) is 5.75 Å². The lowest BCUT2D eigenvalue weighted by atomic mass is 9.95. The van der Waals surface area contributed by atoms with E-state index in [4.69, 9.17) is 4.74 Å². The zero-order valence-corrected chi connectivity index (χ0v) is 17.2. The predicted molar refractivity (Wildman–Crippen MR) is 111 cm³/mol. The molecule has 0 saturated heterocycles. The van der Waals surface area contributed by atoms with E-state index in [2.05, 4.69) is 25.2 Å². The Bertz CT molecular complexity index is 905. The molecular weight excluding hydrogens is 352 g/mol. The fraction of sp³-hybridized carbons (Fsp3) is 0.391. The number of fused-ring (bicyclic) bond motifs is 1. The molecule has 0 saturated carbocycles. The summed E-state index contributed by atoms with van der Waals surface area (Å²) in [6.07, 6.45) is 0.159. The number of methoxy groups -OCH3 is 1. The SMILES string of the molecule is COc1cc(C)c(CNC(=O)CC2C(=O)N(C)c3ccccc32)cc1C(C)C. The molecule has 0 aliphatic carbocycles. The summed E-state index contributed by atoms with van der Waals surface area (Å²) in [5.74, 6) is 0.639. The molecule has 2 aromatic carbocycles. The minimum absolute atomic E-state index is 0.0286. The summed E-state index contributed by atoms with van der Waals surface area (Å²) in [5.41, 5.74) is 5.07. The maximum Gasteiger partial charge on any atom is 0.234 e. The Balaban J connectivity index is 1.70. The Kier molecular flexibility index (Phi) is 5.73. The lowest BCUT2D eigenvalue weighted by Crippen LogP contribution is -2.29. The molecule has 2 aromatic rings. The molecule has 1 N–H and O–H groups in total. The number of rotatable bonds is 6. The molecule has 0 radical (unpaired) electrons. The number of para-hydroxylation sites is 1. The number of nitrogens with zero attached hydrogens (tertiary/aromatic N) is 1. The average Bonchev–Trinajstić information content (AvgIpc) is 2.91. The maximum absolute atomic E-state index is 12.6. The number of likely N-dealkylation sites (N-methyl/N-ethyl adjacent to an activating group) is 1. The fourth-order valence-electron chi connectivity index (χ4n) is 3.79. The summed E-state index contributed by atoms with van der Waals surface area (Å²) < 4.78 is 5.48. The Morgan fingerprint density at radius 3 is 2.64 bits per heavy atom. The molecule has 5 heteroatoms. The zero-order chi connectivity index (χ0) is 20.4. The number of carbonyl (C=O) groups excluding carboxylic acids is 2. The van der Waals surface area contributed by atoms with E-state index in [0.29, 0.717) is 12.5 Å². The van der Waals surface area contributed by atoms with Gasteiger partial charge >= 0.3 is 0 Å². The molecule has 0 bridgehead atoms. The van der Waals surface area contributed by atoms with Crippen molar-refractivity contribution in [1.82, 2.24) is 5.32 Å². The molecule has 2 amide bonds. The van der Waals surface area contributed by atoms with Gasteiger partial charge in [-0.3, -0.25) is 9.59 Å². The highest BCUT2D eigenvalue weighted by Crippen LogP contribution is 2.38. The zero-order valence-electron chi connectivity index (χ0n) is 17.2. The summed E-state index contributed by atoms with van der Waals surface area (Å²) in [6, 6.07) is 11.8. The van der Waals surface area contributed by atoms with Gasteiger partial charge in [-0.15, -0.1) is 0 Å². The molecule has 0 fully saturated rings. The predicted octanol–water partition coefficient (Wildman–Crippen LogP) is 3.89. The summed E-state index contributed by atoms with van der Waals surface area (Å²) in [6.45, 7) is 6.69. The molecule has 1 aliphatic rings. The molecule has 1 aliphatic heterocycles. The summed E-state index contributed by atoms with van der Waals surface area (Å²) >= 11 is 0. The van der Waals surface area contributed by atoms with Crippen molar-refractivity contribution in [2.45, 2.75) is 45.6 Å². The number of nitrogens with one attached hydrogen (secondary N) is 1. The van der Waals surface area contributed by atoms with Crippen molar-refractivity contribution in [1.29, 1.82) is 0 Å². The lowest BCUT2D eigenvalue weighted by molar-refractivity contribution is -0.126. The normalized spacial score (nSPS) is 15.7. The van der Waals surface area contributed by atoms with E-state index in [9.17, 15) is 9.59 Å². The number of aryl methyl sites for hydroxylation is 1. The number of hydrogen-bond acceptors (Lipinski definition) is 3. The summed E-state index contributed by atoms with van der Waals surface area (Å²) in [5, 5.41) is 2.99. The molecule has 1 heterocycles. The van der Waals surface area contributed by atoms with E-state index in [1.54, 1.807) is 19.1 Å². The molecule has 28 heavy (non-hydrogen) atoms. The minimum atomic E-state index is -0.413. The van der Waals surface area contributed by atoms with E-state index in [0.717, 1.165) is 33.7 Å². The van der Waals surface area contributed by atoms with E-state index >= 15 is 0 Å². The van der Waals surface area contributed by atoms with Gasteiger partial charge in [-0.1, -0.05) is 32.0 Å². The standard InChI is InChI=1S/C23H28N2O3/c1-14(2)18-11-16(15(3)10-21(18)28-5)13-24-22(26)12-19-17-8-6-7-9-20(17)25(4)23(19)27/h6-11,14,19H,12-13H2,1-5H3,(H,24,26). The topological polar surface area (TPSA) is 58.6 Å². The van der Waals surface area contributed by atoms with Crippen LogP contribution in [0.25, 0.3) is 0 Å². The Hall–Kier alpha value is -2.82. The number of anilines is 1. The molecule has 0 spiro atoms. The van der Waals surface area contributed by atoms with E-state index < -0.39 is 5.92 Å². The number of benzene rings is 2. The van der Waals surface area contributed by atoms with Gasteiger partial charge in [0.1, 0.15) is 5.75 Å². The van der Waals surface area contributed by atoms with Gasteiger partial charge in [-0.05, 0) is 53.3 Å². The fourth-order valence-corrected chi connectivity index (χ4v) is 3.79. The Morgan fingerprint density at radius 1 is 1.25 bits per heavy atom. The van der Waals surface area contributed by atoms with Crippen molar-refractivity contribution in [3.05, 3.63) is 58.7 Å². The first kappa shape index (κ1) is 19.9. The van der Waals surface area contributed by atoms with Gasteiger partial charge in [-0.2, -0.15) is 0 Å². The highest BCUT2D eigenvalue weighted by Gasteiger charge is 2.36. The molecule has 3 rings (SSSR count). The smallest absolute Gasteiger partial charge is 0.234 e. The van der Waals surface area contributed by atoms with Crippen LogP contribution in [-0.4, -0.2) is 26.0 Å². The Morgan fingerprint density at radius 2 is 1.96 bits per heavy atom. The van der Waals surface area contributed by atoms with Crippen LogP contribution in [-0.2, 0) is 16.1 Å². The van der Waals surface area contributed by atoms with Gasteiger partial charge in [-0.25, -0.2) is 0 Å². The van der Waals surface area contributed by atoms with Crippen LogP contribution in [0.1, 0.15) is 54.4 Å². The van der Waals surface area contributed by atoms with Gasteiger partial charge < -0.3 is 15.0 Å². The van der Waals surface area contributed by atoms with Crippen LogP contribution >= 0.6 is 0 Å². The first-order valence-corrected chi connectivity index (χ1v) is 9.64. The monoisotopic (exact) mass is 380 g/mol. The number of amides is 2. The lowest BCUT2D eigenvalue weighted by Gasteiger charge is -2.17. The molecular formula is C23H28N2O3. The molecule has 1 atom stereocenters. The Labute approximate surface area is 166 Å². The summed E-state index contributed by atoms with van der Waals surface area (Å²) in [4.78, 5) is 26.8. The van der Waals surface area contributed by atoms with Gasteiger partial charge in [0.2, 0.25) is 11.8 Å². The molecule has 0 aromatic heterocycles. The van der Waals surface area contributed by atoms with Crippen LogP contribution in [0.15, 0.2) is 36.4 Å². The average molecular weight is 380 g/mol. The minimum Gasteiger partial charge on any atom is -0.496 e. The largest absolute Gasteiger partial charge is 0.496 e. The van der Waals surface area contributed by atoms with Gasteiger partial charge in [0.25, 0.3) is 0 Å². The van der Waals surface area contributed by atoms with Crippen molar-refractivity contribution in [2.75, 3.05) is 19.1 Å². The second kappa shape index (κ2) is 8.05. The molecule has 5 nitrogen and oxygen atoms in total. The second-order valence-corrected chi connectivity index (χ2v) is 7.66. The van der Waals surface area contributed by atoms with Crippen molar-refractivity contribution in [2.24, 2.45) is 0 Å². The van der Waals surface area contributed by atoms with Crippen LogP contribution in [0.3, 0.4) is 0 Å².